The van der Waals surface area contributed by atoms with Crippen LogP contribution in [0.4, 0.5) is 0 Å². The summed E-state index contributed by atoms with van der Waals surface area (Å²) in [6.45, 7) is 3.84. The van der Waals surface area contributed by atoms with Gasteiger partial charge in [-0.25, -0.2) is 4.79 Å². The number of benzene rings is 2. The zero-order chi connectivity index (χ0) is 21.0. The molecule has 0 unspecified atom stereocenters. The Morgan fingerprint density at radius 2 is 1.76 bits per heavy atom. The van der Waals surface area contributed by atoms with Gasteiger partial charge >= 0.3 is 5.69 Å². The smallest absolute Gasteiger partial charge is 0.344 e. The van der Waals surface area contributed by atoms with Crippen LogP contribution < -0.4 is 16.6 Å². The summed E-state index contributed by atoms with van der Waals surface area (Å²) in [6.07, 6.45) is 0.557. The third kappa shape index (κ3) is 4.46. The lowest BCUT2D eigenvalue weighted by Gasteiger charge is -2.15. The third-order valence-electron chi connectivity index (χ3n) is 4.44. The van der Waals surface area contributed by atoms with Crippen molar-refractivity contribution in [1.82, 2.24) is 19.7 Å². The van der Waals surface area contributed by atoms with E-state index in [9.17, 15) is 14.4 Å². The molecule has 0 aliphatic heterocycles. The van der Waals surface area contributed by atoms with Crippen LogP contribution in [0.2, 0.25) is 5.02 Å². The van der Waals surface area contributed by atoms with Gasteiger partial charge in [0.05, 0.1) is 11.7 Å². The normalized spacial score (nSPS) is 11.8. The standard InChI is InChI=1S/C21H21ClN4O3/c1-3-13-25-20(28)18(19(27)23-14(2)15-7-5-4-6-8-15)24-26(21(25)29)17-11-9-16(22)10-12-17/h4-12,14H,3,13H2,1-2H3,(H,23,27)/t14-/m1/s1. The average Bonchev–Trinajstić information content (AvgIpc) is 2.72. The minimum Gasteiger partial charge on any atom is -0.344 e. The van der Waals surface area contributed by atoms with Crippen LogP contribution in [-0.2, 0) is 6.54 Å². The highest BCUT2D eigenvalue weighted by molar-refractivity contribution is 6.30. The van der Waals surface area contributed by atoms with E-state index in [-0.39, 0.29) is 18.3 Å². The number of nitrogens with zero attached hydrogens (tertiary/aromatic N) is 3. The molecule has 1 N–H and O–H groups in total. The summed E-state index contributed by atoms with van der Waals surface area (Å²) in [4.78, 5) is 38.4. The Morgan fingerprint density at radius 3 is 2.38 bits per heavy atom. The fourth-order valence-electron chi connectivity index (χ4n) is 2.92. The summed E-state index contributed by atoms with van der Waals surface area (Å²) in [6, 6.07) is 15.5. The van der Waals surface area contributed by atoms with Crippen molar-refractivity contribution in [3.63, 3.8) is 0 Å². The molecule has 0 fully saturated rings. The largest absolute Gasteiger partial charge is 0.352 e. The van der Waals surface area contributed by atoms with Gasteiger partial charge in [-0.3, -0.25) is 14.2 Å². The van der Waals surface area contributed by atoms with Crippen molar-refractivity contribution in [1.29, 1.82) is 0 Å². The zero-order valence-electron chi connectivity index (χ0n) is 16.1. The second-order valence-corrected chi connectivity index (χ2v) is 7.02. The van der Waals surface area contributed by atoms with Gasteiger partial charge in [-0.2, -0.15) is 9.78 Å². The molecule has 8 heteroatoms. The van der Waals surface area contributed by atoms with Crippen LogP contribution in [-0.4, -0.2) is 20.3 Å². The zero-order valence-corrected chi connectivity index (χ0v) is 16.9. The van der Waals surface area contributed by atoms with Gasteiger partial charge in [-0.1, -0.05) is 48.9 Å². The molecule has 150 valence electrons. The highest BCUT2D eigenvalue weighted by Crippen LogP contribution is 2.13. The van der Waals surface area contributed by atoms with E-state index in [1.165, 1.54) is 0 Å². The molecule has 3 rings (SSSR count). The lowest BCUT2D eigenvalue weighted by molar-refractivity contribution is 0.0930. The highest BCUT2D eigenvalue weighted by Gasteiger charge is 2.21. The maximum atomic E-state index is 12.8. The molecule has 29 heavy (non-hydrogen) atoms. The first-order chi connectivity index (χ1) is 13.9. The van der Waals surface area contributed by atoms with Crippen molar-refractivity contribution in [3.05, 3.63) is 91.7 Å². The number of halogens is 1. The van der Waals surface area contributed by atoms with E-state index in [0.29, 0.717) is 17.1 Å². The maximum Gasteiger partial charge on any atom is 0.352 e. The summed E-state index contributed by atoms with van der Waals surface area (Å²) in [5.41, 5.74) is -0.349. The van der Waals surface area contributed by atoms with Gasteiger partial charge in [0.1, 0.15) is 0 Å². The van der Waals surface area contributed by atoms with Crippen molar-refractivity contribution in [2.75, 3.05) is 0 Å². The molecule has 0 radical (unpaired) electrons. The van der Waals surface area contributed by atoms with E-state index in [0.717, 1.165) is 14.8 Å². The SMILES string of the molecule is CCCn1c(=O)c(C(=O)N[C@H](C)c2ccccc2)nn(-c2ccc(Cl)cc2)c1=O. The minimum atomic E-state index is -0.708. The number of amides is 1. The number of hydrogen-bond donors (Lipinski definition) is 1. The van der Waals surface area contributed by atoms with Gasteiger partial charge in [0.2, 0.25) is 5.69 Å². The number of rotatable bonds is 6. The molecule has 0 spiro atoms. The second-order valence-electron chi connectivity index (χ2n) is 6.58. The molecule has 0 bridgehead atoms. The molecular formula is C21H21ClN4O3. The van der Waals surface area contributed by atoms with Gasteiger partial charge in [0, 0.05) is 11.6 Å². The van der Waals surface area contributed by atoms with E-state index in [2.05, 4.69) is 10.4 Å². The molecule has 1 aromatic heterocycles. The van der Waals surface area contributed by atoms with E-state index in [1.54, 1.807) is 24.3 Å². The summed E-state index contributed by atoms with van der Waals surface area (Å²) in [5.74, 6) is -0.640. The number of nitrogens with one attached hydrogen (secondary N) is 1. The third-order valence-corrected chi connectivity index (χ3v) is 4.69. The second kappa shape index (κ2) is 8.87. The molecule has 0 aliphatic carbocycles. The topological polar surface area (TPSA) is 86.0 Å². The fraction of sp³-hybridized carbons (Fsp3) is 0.238. The Labute approximate surface area is 172 Å². The van der Waals surface area contributed by atoms with Crippen LogP contribution in [0.1, 0.15) is 42.4 Å². The Kier molecular flexibility index (Phi) is 6.29. The van der Waals surface area contributed by atoms with Crippen LogP contribution in [0.15, 0.2) is 64.2 Å². The Bertz CT molecular complexity index is 1120. The molecule has 7 nitrogen and oxygen atoms in total. The van der Waals surface area contributed by atoms with Crippen molar-refractivity contribution in [3.8, 4) is 5.69 Å². The molecule has 1 heterocycles. The highest BCUT2D eigenvalue weighted by atomic mass is 35.5. The molecule has 1 amide bonds. The molecular weight excluding hydrogens is 392 g/mol. The number of aromatic nitrogens is 3. The van der Waals surface area contributed by atoms with Crippen LogP contribution >= 0.6 is 11.6 Å². The quantitative estimate of drug-likeness (QED) is 0.674. The first kappa shape index (κ1) is 20.5. The average molecular weight is 413 g/mol. The van der Waals surface area contributed by atoms with Crippen molar-refractivity contribution in [2.45, 2.75) is 32.9 Å². The lowest BCUT2D eigenvalue weighted by Crippen LogP contribution is -2.46. The molecule has 3 aromatic rings. The summed E-state index contributed by atoms with van der Waals surface area (Å²) >= 11 is 5.92. The minimum absolute atomic E-state index is 0.183. The van der Waals surface area contributed by atoms with Gasteiger partial charge in [0.15, 0.2) is 0 Å². The summed E-state index contributed by atoms with van der Waals surface area (Å²) in [5, 5.41) is 7.35. The van der Waals surface area contributed by atoms with E-state index in [1.807, 2.05) is 44.2 Å². The first-order valence-corrected chi connectivity index (χ1v) is 9.66. The Balaban J connectivity index is 2.05. The number of carbonyl (C=O) groups excluding carboxylic acids is 1. The van der Waals surface area contributed by atoms with Crippen LogP contribution in [0.3, 0.4) is 0 Å². The molecule has 2 aromatic carbocycles. The monoisotopic (exact) mass is 412 g/mol. The fourth-order valence-corrected chi connectivity index (χ4v) is 3.04. The van der Waals surface area contributed by atoms with Crippen LogP contribution in [0.5, 0.6) is 0 Å². The van der Waals surface area contributed by atoms with Crippen molar-refractivity contribution >= 4 is 17.5 Å². The number of hydrogen-bond acceptors (Lipinski definition) is 4. The number of carbonyl (C=O) groups is 1. The summed E-state index contributed by atoms with van der Waals surface area (Å²) in [7, 11) is 0. The predicted octanol–water partition coefficient (Wildman–Crippen LogP) is 2.95. The van der Waals surface area contributed by atoms with Gasteiger partial charge in [0.25, 0.3) is 11.5 Å². The van der Waals surface area contributed by atoms with E-state index < -0.39 is 17.2 Å². The van der Waals surface area contributed by atoms with E-state index >= 15 is 0 Å². The summed E-state index contributed by atoms with van der Waals surface area (Å²) < 4.78 is 2.08. The van der Waals surface area contributed by atoms with Gasteiger partial charge < -0.3 is 5.32 Å². The maximum absolute atomic E-state index is 12.8. The Morgan fingerprint density at radius 1 is 1.10 bits per heavy atom. The van der Waals surface area contributed by atoms with Gasteiger partial charge in [-0.15, -0.1) is 0 Å². The van der Waals surface area contributed by atoms with Crippen molar-refractivity contribution < 1.29 is 4.79 Å². The van der Waals surface area contributed by atoms with E-state index in [4.69, 9.17) is 11.6 Å². The first-order valence-electron chi connectivity index (χ1n) is 9.28. The molecule has 0 aliphatic rings. The predicted molar refractivity (Wildman–Crippen MR) is 112 cm³/mol. The van der Waals surface area contributed by atoms with Crippen molar-refractivity contribution in [2.24, 2.45) is 0 Å². The Hall–Kier alpha value is -3.19. The van der Waals surface area contributed by atoms with Crippen LogP contribution in [0.25, 0.3) is 5.69 Å². The van der Waals surface area contributed by atoms with Gasteiger partial charge in [-0.05, 0) is 43.2 Å². The van der Waals surface area contributed by atoms with Crippen LogP contribution in [0, 0.1) is 0 Å². The molecule has 1 atom stereocenters. The lowest BCUT2D eigenvalue weighted by atomic mass is 10.1. The molecule has 0 saturated heterocycles. The molecule has 0 saturated carbocycles.